The number of aryl methyl sites for hydroxylation is 1. The molecule has 8 heteroatoms. The summed E-state index contributed by atoms with van der Waals surface area (Å²) < 4.78 is 0. The average molecular weight is 382 g/mol. The molecule has 7 nitrogen and oxygen atoms in total. The lowest BCUT2D eigenvalue weighted by molar-refractivity contribution is -0.130. The monoisotopic (exact) mass is 382 g/mol. The number of rotatable bonds is 3. The van der Waals surface area contributed by atoms with E-state index in [-0.39, 0.29) is 11.3 Å². The maximum atomic E-state index is 12.9. The van der Waals surface area contributed by atoms with Gasteiger partial charge in [-0.25, -0.2) is 15.0 Å². The number of anilines is 1. The fourth-order valence-corrected chi connectivity index (χ4v) is 4.63. The first kappa shape index (κ1) is 16.7. The normalized spacial score (nSPS) is 18.9. The molecule has 0 radical (unpaired) electrons. The van der Waals surface area contributed by atoms with Crippen molar-refractivity contribution in [3.63, 3.8) is 0 Å². The van der Waals surface area contributed by atoms with E-state index < -0.39 is 0 Å². The van der Waals surface area contributed by atoms with Crippen molar-refractivity contribution in [2.24, 2.45) is 5.41 Å². The van der Waals surface area contributed by atoms with Gasteiger partial charge in [0.05, 0.1) is 22.5 Å². The highest BCUT2D eigenvalue weighted by Crippen LogP contribution is 2.48. The second kappa shape index (κ2) is 6.30. The van der Waals surface area contributed by atoms with Crippen molar-refractivity contribution < 1.29 is 4.79 Å². The quantitative estimate of drug-likeness (QED) is 0.753. The predicted molar refractivity (Wildman–Crippen MR) is 105 cm³/mol. The molecule has 3 aromatic rings. The maximum Gasteiger partial charge on any atom is 0.228 e. The number of hydrogen-bond acceptors (Lipinski definition) is 6. The van der Waals surface area contributed by atoms with Crippen LogP contribution in [0.25, 0.3) is 11.0 Å². The van der Waals surface area contributed by atoms with E-state index >= 15 is 0 Å². The van der Waals surface area contributed by atoms with Gasteiger partial charge in [-0.05, 0) is 25.8 Å². The Morgan fingerprint density at radius 1 is 1.30 bits per heavy atom. The number of carbonyl (C=O) groups excluding carboxylic acids is 1. The highest BCUT2D eigenvalue weighted by atomic mass is 32.1. The molecule has 1 aliphatic carbocycles. The molecule has 2 fully saturated rings. The van der Waals surface area contributed by atoms with E-state index in [4.69, 9.17) is 0 Å². The van der Waals surface area contributed by atoms with E-state index in [1.165, 1.54) is 12.8 Å². The van der Waals surface area contributed by atoms with E-state index in [9.17, 15) is 4.79 Å². The van der Waals surface area contributed by atoms with Crippen LogP contribution in [0.1, 0.15) is 23.5 Å². The number of carbonyl (C=O) groups is 1. The summed E-state index contributed by atoms with van der Waals surface area (Å²) in [7, 11) is 0. The van der Waals surface area contributed by atoms with E-state index in [1.54, 1.807) is 17.7 Å². The number of aromatic amines is 1. The highest BCUT2D eigenvalue weighted by molar-refractivity contribution is 7.09. The number of nitrogens with zero attached hydrogens (tertiary/aromatic N) is 5. The van der Waals surface area contributed by atoms with Gasteiger partial charge < -0.3 is 14.8 Å². The zero-order chi connectivity index (χ0) is 18.4. The summed E-state index contributed by atoms with van der Waals surface area (Å²) in [4.78, 5) is 33.8. The summed E-state index contributed by atoms with van der Waals surface area (Å²) >= 11 is 1.60. The average Bonchev–Trinajstić information content (AvgIpc) is 3.09. The minimum atomic E-state index is 0.183. The largest absolute Gasteiger partial charge is 0.354 e. The van der Waals surface area contributed by atoms with Crippen LogP contribution in [0.2, 0.25) is 0 Å². The lowest BCUT2D eigenvalue weighted by Gasteiger charge is -2.25. The van der Waals surface area contributed by atoms with Gasteiger partial charge in [-0.1, -0.05) is 0 Å². The molecule has 3 aromatic heterocycles. The summed E-state index contributed by atoms with van der Waals surface area (Å²) in [5, 5.41) is 4.05. The van der Waals surface area contributed by atoms with Crippen LogP contribution in [0.4, 0.5) is 5.82 Å². The molecule has 1 aliphatic heterocycles. The molecule has 1 spiro atoms. The van der Waals surface area contributed by atoms with E-state index in [0.717, 1.165) is 53.7 Å². The van der Waals surface area contributed by atoms with Crippen molar-refractivity contribution >= 4 is 34.1 Å². The summed E-state index contributed by atoms with van der Waals surface area (Å²) in [5.74, 6) is 1.15. The Morgan fingerprint density at radius 3 is 2.96 bits per heavy atom. The third kappa shape index (κ3) is 3.18. The first-order chi connectivity index (χ1) is 13.1. The molecule has 0 unspecified atom stereocenters. The second-order valence-corrected chi connectivity index (χ2v) is 8.77. The second-order valence-electron chi connectivity index (χ2n) is 7.71. The minimum absolute atomic E-state index is 0.183. The lowest BCUT2D eigenvalue weighted by Crippen LogP contribution is -2.37. The van der Waals surface area contributed by atoms with Crippen molar-refractivity contribution in [3.05, 3.63) is 34.7 Å². The predicted octanol–water partition coefficient (Wildman–Crippen LogP) is 2.39. The number of hydrogen-bond donors (Lipinski definition) is 1. The van der Waals surface area contributed by atoms with Crippen LogP contribution in [0.3, 0.4) is 0 Å². The van der Waals surface area contributed by atoms with Gasteiger partial charge >= 0.3 is 0 Å². The van der Waals surface area contributed by atoms with E-state index in [2.05, 4.69) is 24.8 Å². The van der Waals surface area contributed by atoms with Crippen molar-refractivity contribution in [1.82, 2.24) is 24.8 Å². The van der Waals surface area contributed by atoms with Crippen LogP contribution in [0.15, 0.2) is 24.0 Å². The Morgan fingerprint density at radius 2 is 2.19 bits per heavy atom. The molecule has 0 bridgehead atoms. The standard InChI is InChI=1S/C19H22N6OS/c1-13-23-14(9-27-13)8-16(26)24-6-7-25(11-19(10-24)3-4-19)18-15-2-5-20-17(15)21-12-22-18/h2,5,9,12H,3-4,6-8,10-11H2,1H3,(H,20,21,22). The highest BCUT2D eigenvalue weighted by Gasteiger charge is 2.47. The zero-order valence-electron chi connectivity index (χ0n) is 15.3. The Hall–Kier alpha value is -2.48. The third-order valence-electron chi connectivity index (χ3n) is 5.63. The number of H-pyrrole nitrogens is 1. The minimum Gasteiger partial charge on any atom is -0.354 e. The van der Waals surface area contributed by atoms with Crippen molar-refractivity contribution in [2.75, 3.05) is 31.1 Å². The summed E-state index contributed by atoms with van der Waals surface area (Å²) in [6.45, 7) is 5.28. The van der Waals surface area contributed by atoms with Crippen molar-refractivity contribution in [2.45, 2.75) is 26.2 Å². The Kier molecular flexibility index (Phi) is 3.89. The van der Waals surface area contributed by atoms with Gasteiger partial charge in [0.2, 0.25) is 5.91 Å². The van der Waals surface area contributed by atoms with Gasteiger partial charge in [-0.3, -0.25) is 4.79 Å². The Balaban J connectivity index is 1.37. The molecular weight excluding hydrogens is 360 g/mol. The van der Waals surface area contributed by atoms with Crippen molar-refractivity contribution in [1.29, 1.82) is 0 Å². The molecule has 1 saturated heterocycles. The van der Waals surface area contributed by atoms with Gasteiger partial charge in [0.1, 0.15) is 17.8 Å². The summed E-state index contributed by atoms with van der Waals surface area (Å²) in [5.41, 5.74) is 1.96. The first-order valence-electron chi connectivity index (χ1n) is 9.34. The molecule has 27 heavy (non-hydrogen) atoms. The molecule has 2 aliphatic rings. The lowest BCUT2D eigenvalue weighted by atomic mass is 10.1. The Bertz CT molecular complexity index is 991. The van der Waals surface area contributed by atoms with Crippen LogP contribution in [0, 0.1) is 12.3 Å². The van der Waals surface area contributed by atoms with Crippen LogP contribution < -0.4 is 4.90 Å². The van der Waals surface area contributed by atoms with Crippen LogP contribution >= 0.6 is 11.3 Å². The summed E-state index contributed by atoms with van der Waals surface area (Å²) in [6, 6.07) is 2.03. The fraction of sp³-hybridized carbons (Fsp3) is 0.474. The molecular formula is C19H22N6OS. The van der Waals surface area contributed by atoms with E-state index in [1.807, 2.05) is 29.5 Å². The number of aromatic nitrogens is 4. The number of nitrogens with one attached hydrogen (secondary N) is 1. The van der Waals surface area contributed by atoms with Crippen LogP contribution in [-0.4, -0.2) is 56.9 Å². The molecule has 4 heterocycles. The molecule has 1 amide bonds. The molecule has 140 valence electrons. The maximum absolute atomic E-state index is 12.9. The first-order valence-corrected chi connectivity index (χ1v) is 10.2. The number of fused-ring (bicyclic) bond motifs is 1. The molecule has 0 aromatic carbocycles. The number of thiazole rings is 1. The molecule has 1 saturated carbocycles. The zero-order valence-corrected chi connectivity index (χ0v) is 16.1. The fourth-order valence-electron chi connectivity index (χ4n) is 4.01. The van der Waals surface area contributed by atoms with E-state index in [0.29, 0.717) is 6.42 Å². The molecule has 5 rings (SSSR count). The number of amides is 1. The van der Waals surface area contributed by atoms with Crippen molar-refractivity contribution in [3.8, 4) is 0 Å². The SMILES string of the molecule is Cc1nc(CC(=O)N2CCN(c3ncnc4[nH]ccc34)CC3(CC3)C2)cs1. The van der Waals surface area contributed by atoms with Gasteiger partial charge in [0, 0.05) is 43.2 Å². The smallest absolute Gasteiger partial charge is 0.228 e. The van der Waals surface area contributed by atoms with Gasteiger partial charge in [0.25, 0.3) is 0 Å². The molecule has 0 atom stereocenters. The summed E-state index contributed by atoms with van der Waals surface area (Å²) in [6.07, 6.45) is 6.26. The molecule has 1 N–H and O–H groups in total. The van der Waals surface area contributed by atoms with Gasteiger partial charge in [-0.2, -0.15) is 0 Å². The van der Waals surface area contributed by atoms with Gasteiger partial charge in [-0.15, -0.1) is 11.3 Å². The van der Waals surface area contributed by atoms with Gasteiger partial charge in [0.15, 0.2) is 0 Å². The third-order valence-corrected chi connectivity index (χ3v) is 6.46. The topological polar surface area (TPSA) is 78.0 Å². The van der Waals surface area contributed by atoms with Crippen LogP contribution in [-0.2, 0) is 11.2 Å². The van der Waals surface area contributed by atoms with Crippen LogP contribution in [0.5, 0.6) is 0 Å². The Labute approximate surface area is 161 Å².